The molecule has 2 fully saturated rings. The zero-order chi connectivity index (χ0) is 12.4. The molecule has 2 saturated carbocycles. The highest BCUT2D eigenvalue weighted by atomic mass is 16.3. The van der Waals surface area contributed by atoms with E-state index in [9.17, 15) is 15.0 Å². The van der Waals surface area contributed by atoms with Gasteiger partial charge in [-0.25, -0.2) is 0 Å². The third-order valence-electron chi connectivity index (χ3n) is 4.87. The lowest BCUT2D eigenvalue weighted by Gasteiger charge is -2.39. The summed E-state index contributed by atoms with van der Waals surface area (Å²) in [5, 5.41) is 20.7. The van der Waals surface area contributed by atoms with E-state index in [0.717, 1.165) is 12.0 Å². The molecular formula is C14H18O3. The largest absolute Gasteiger partial charge is 0.390 e. The highest BCUT2D eigenvalue weighted by Gasteiger charge is 2.58. The summed E-state index contributed by atoms with van der Waals surface area (Å²) in [6, 6.07) is 0. The van der Waals surface area contributed by atoms with Crippen molar-refractivity contribution in [2.24, 2.45) is 11.3 Å². The Morgan fingerprint density at radius 3 is 2.88 bits per heavy atom. The zero-order valence-corrected chi connectivity index (χ0v) is 10.2. The number of aliphatic hydroxyl groups is 2. The Labute approximate surface area is 101 Å². The molecule has 3 aliphatic carbocycles. The molecule has 0 aromatic carbocycles. The smallest absolute Gasteiger partial charge is 0.181 e. The molecule has 3 rings (SSSR count). The molecule has 0 aromatic heterocycles. The van der Waals surface area contributed by atoms with E-state index < -0.39 is 11.7 Å². The molecule has 0 aliphatic heterocycles. The summed E-state index contributed by atoms with van der Waals surface area (Å²) in [5.41, 5.74) is 0.535. The Balaban J connectivity index is 2.16. The monoisotopic (exact) mass is 234 g/mol. The lowest BCUT2D eigenvalue weighted by molar-refractivity contribution is -0.111. The number of carbonyl (C=O) groups excluding carboxylic acids is 1. The van der Waals surface area contributed by atoms with Gasteiger partial charge in [0.1, 0.15) is 0 Å². The molecule has 0 saturated heterocycles. The van der Waals surface area contributed by atoms with Gasteiger partial charge in [-0.05, 0) is 56.3 Å². The van der Waals surface area contributed by atoms with Crippen molar-refractivity contribution in [2.45, 2.75) is 44.8 Å². The Morgan fingerprint density at radius 1 is 1.47 bits per heavy atom. The van der Waals surface area contributed by atoms with Crippen molar-refractivity contribution in [3.63, 3.8) is 0 Å². The van der Waals surface area contributed by atoms with Crippen LogP contribution in [0.4, 0.5) is 0 Å². The van der Waals surface area contributed by atoms with Crippen LogP contribution in [0.1, 0.15) is 33.1 Å². The van der Waals surface area contributed by atoms with Crippen LogP contribution in [-0.2, 0) is 4.79 Å². The molecule has 0 radical (unpaired) electrons. The highest BCUT2D eigenvalue weighted by molar-refractivity contribution is 6.05. The Kier molecular flexibility index (Phi) is 2.03. The Hall–Kier alpha value is -0.930. The van der Waals surface area contributed by atoms with Gasteiger partial charge in [-0.3, -0.25) is 4.79 Å². The first-order valence-corrected chi connectivity index (χ1v) is 6.21. The average molecular weight is 234 g/mol. The second-order valence-electron chi connectivity index (χ2n) is 6.08. The van der Waals surface area contributed by atoms with Gasteiger partial charge < -0.3 is 10.2 Å². The minimum absolute atomic E-state index is 0.00494. The zero-order valence-electron chi connectivity index (χ0n) is 10.2. The van der Waals surface area contributed by atoms with Crippen LogP contribution in [0.25, 0.3) is 0 Å². The molecule has 2 N–H and O–H groups in total. The summed E-state index contributed by atoms with van der Waals surface area (Å²) in [5.74, 6) is 0.126. The summed E-state index contributed by atoms with van der Waals surface area (Å²) in [6.07, 6.45) is 4.99. The first kappa shape index (κ1) is 11.2. The maximum atomic E-state index is 11.7. The molecule has 4 atom stereocenters. The molecule has 3 aliphatic rings. The Morgan fingerprint density at radius 2 is 2.18 bits per heavy atom. The van der Waals surface area contributed by atoms with Crippen molar-refractivity contribution in [1.82, 2.24) is 0 Å². The molecule has 17 heavy (non-hydrogen) atoms. The summed E-state index contributed by atoms with van der Waals surface area (Å²) in [7, 11) is 0. The van der Waals surface area contributed by atoms with Gasteiger partial charge in [0.2, 0.25) is 0 Å². The first-order valence-electron chi connectivity index (χ1n) is 6.21. The molecule has 3 heteroatoms. The van der Waals surface area contributed by atoms with E-state index in [1.807, 2.05) is 13.0 Å². The Bertz CT molecular complexity index is 458. The molecular weight excluding hydrogens is 216 g/mol. The van der Waals surface area contributed by atoms with Crippen LogP contribution in [-0.4, -0.2) is 27.7 Å². The molecule has 0 heterocycles. The average Bonchev–Trinajstić information content (AvgIpc) is 2.42. The van der Waals surface area contributed by atoms with E-state index in [1.165, 1.54) is 0 Å². The van der Waals surface area contributed by atoms with Crippen LogP contribution in [0.3, 0.4) is 0 Å². The molecule has 0 amide bonds. The quantitative estimate of drug-likeness (QED) is 0.665. The van der Waals surface area contributed by atoms with Gasteiger partial charge in [-0.15, -0.1) is 0 Å². The fourth-order valence-corrected chi connectivity index (χ4v) is 4.11. The van der Waals surface area contributed by atoms with Crippen molar-refractivity contribution in [1.29, 1.82) is 0 Å². The fraction of sp³-hybridized carbons (Fsp3) is 0.643. The number of hydrogen-bond acceptors (Lipinski definition) is 3. The van der Waals surface area contributed by atoms with Crippen LogP contribution in [0.5, 0.6) is 0 Å². The number of hydrogen-bond donors (Lipinski definition) is 2. The predicted octanol–water partition coefficient (Wildman–Crippen LogP) is 1.35. The lowest BCUT2D eigenvalue weighted by atomic mass is 9.66. The van der Waals surface area contributed by atoms with E-state index >= 15 is 0 Å². The molecule has 2 bridgehead atoms. The van der Waals surface area contributed by atoms with E-state index in [2.05, 4.69) is 0 Å². The van der Waals surface area contributed by atoms with E-state index in [-0.39, 0.29) is 17.1 Å². The SMILES string of the molecule is CC1=C2[C@@H](O)C[C@@H]3C[C@@]2(C=CC1=O)C[C@]3(C)O. The maximum absolute atomic E-state index is 11.7. The summed E-state index contributed by atoms with van der Waals surface area (Å²) < 4.78 is 0. The van der Waals surface area contributed by atoms with Crippen molar-refractivity contribution >= 4 is 5.78 Å². The van der Waals surface area contributed by atoms with Crippen LogP contribution >= 0.6 is 0 Å². The third-order valence-corrected chi connectivity index (χ3v) is 4.87. The minimum atomic E-state index is -0.728. The predicted molar refractivity (Wildman–Crippen MR) is 63.3 cm³/mol. The van der Waals surface area contributed by atoms with E-state index in [0.29, 0.717) is 18.4 Å². The summed E-state index contributed by atoms with van der Waals surface area (Å²) in [6.45, 7) is 3.64. The molecule has 1 spiro atoms. The number of carbonyl (C=O) groups is 1. The number of ketones is 1. The van der Waals surface area contributed by atoms with E-state index in [1.54, 1.807) is 13.0 Å². The van der Waals surface area contributed by atoms with Crippen LogP contribution in [0.2, 0.25) is 0 Å². The van der Waals surface area contributed by atoms with Gasteiger partial charge in [0.05, 0.1) is 11.7 Å². The van der Waals surface area contributed by atoms with E-state index in [4.69, 9.17) is 0 Å². The van der Waals surface area contributed by atoms with Gasteiger partial charge in [0, 0.05) is 5.41 Å². The second-order valence-corrected chi connectivity index (χ2v) is 6.08. The van der Waals surface area contributed by atoms with Crippen molar-refractivity contribution in [3.05, 3.63) is 23.3 Å². The molecule has 92 valence electrons. The fourth-order valence-electron chi connectivity index (χ4n) is 4.11. The van der Waals surface area contributed by atoms with Crippen LogP contribution in [0, 0.1) is 11.3 Å². The number of fused-ring (bicyclic) bond motifs is 1. The van der Waals surface area contributed by atoms with Crippen LogP contribution < -0.4 is 0 Å². The van der Waals surface area contributed by atoms with Crippen molar-refractivity contribution in [3.8, 4) is 0 Å². The number of rotatable bonds is 0. The lowest BCUT2D eigenvalue weighted by Crippen LogP contribution is -2.36. The topological polar surface area (TPSA) is 57.5 Å². The minimum Gasteiger partial charge on any atom is -0.390 e. The first-order chi connectivity index (χ1) is 7.86. The van der Waals surface area contributed by atoms with Gasteiger partial charge in [-0.2, -0.15) is 0 Å². The normalized spacial score (nSPS) is 48.6. The molecule has 0 aromatic rings. The van der Waals surface area contributed by atoms with Gasteiger partial charge in [0.25, 0.3) is 0 Å². The van der Waals surface area contributed by atoms with Crippen molar-refractivity contribution in [2.75, 3.05) is 0 Å². The van der Waals surface area contributed by atoms with Gasteiger partial charge in [0.15, 0.2) is 5.78 Å². The van der Waals surface area contributed by atoms with Crippen molar-refractivity contribution < 1.29 is 15.0 Å². The van der Waals surface area contributed by atoms with Crippen LogP contribution in [0.15, 0.2) is 23.3 Å². The number of aliphatic hydroxyl groups excluding tert-OH is 1. The molecule has 0 unspecified atom stereocenters. The van der Waals surface area contributed by atoms with Gasteiger partial charge >= 0.3 is 0 Å². The van der Waals surface area contributed by atoms with Gasteiger partial charge in [-0.1, -0.05) is 6.08 Å². The maximum Gasteiger partial charge on any atom is 0.181 e. The highest BCUT2D eigenvalue weighted by Crippen LogP contribution is 2.60. The molecule has 3 nitrogen and oxygen atoms in total. The summed E-state index contributed by atoms with van der Waals surface area (Å²) in [4.78, 5) is 11.7. The summed E-state index contributed by atoms with van der Waals surface area (Å²) >= 11 is 0. The number of allylic oxidation sites excluding steroid dienone is 3. The second kappa shape index (κ2) is 3.09. The third kappa shape index (κ3) is 1.33. The standard InChI is InChI=1S/C14H18O3/c1-8-10(15)3-4-14-6-9(13(2,17)7-14)5-11(16)12(8)14/h3-4,9,11,16-17H,5-7H2,1-2H3/t9-,11+,13+,14+/m1/s1.